The maximum Gasteiger partial charge on any atom is 0.416 e. The van der Waals surface area contributed by atoms with Crippen LogP contribution in [0.15, 0.2) is 96.6 Å². The molecule has 4 aromatic rings. The summed E-state index contributed by atoms with van der Waals surface area (Å²) in [5, 5.41) is 6.16. The predicted octanol–water partition coefficient (Wildman–Crippen LogP) is 7.33. The van der Waals surface area contributed by atoms with Gasteiger partial charge in [0.25, 0.3) is 5.91 Å². The van der Waals surface area contributed by atoms with Crippen molar-refractivity contribution >= 4 is 22.9 Å². The molecule has 0 fully saturated rings. The lowest BCUT2D eigenvalue weighted by Gasteiger charge is -2.17. The highest BCUT2D eigenvalue weighted by atomic mass is 19.4. The average Bonchev–Trinajstić information content (AvgIpc) is 2.92. The van der Waals surface area contributed by atoms with Gasteiger partial charge in [0, 0.05) is 11.1 Å². The number of fused-ring (bicyclic) bond motifs is 1. The first kappa shape index (κ1) is 27.4. The van der Waals surface area contributed by atoms with E-state index in [1.54, 1.807) is 12.1 Å². The van der Waals surface area contributed by atoms with Gasteiger partial charge in [-0.15, -0.1) is 6.58 Å². The standard InChI is InChI=1S/C31H27F3N2O3/c1-3-9-23-16-21(19-35-36-30(37)24-12-8-14-26(18-24)31(32,33)34)17-28(38-4-2)29(23)39-20-25-13-7-11-22-10-5-6-15-27(22)25/h3,5-8,10-19H,1,4,9,20H2,2H3,(H,36,37)/b35-19-. The third-order valence-corrected chi connectivity index (χ3v) is 5.90. The zero-order valence-electron chi connectivity index (χ0n) is 21.3. The molecule has 0 spiro atoms. The molecule has 1 amide bonds. The number of nitrogens with one attached hydrogen (secondary N) is 1. The molecule has 0 unspecified atom stereocenters. The van der Waals surface area contributed by atoms with Crippen molar-refractivity contribution < 1.29 is 27.4 Å². The van der Waals surface area contributed by atoms with Gasteiger partial charge in [-0.3, -0.25) is 4.79 Å². The highest BCUT2D eigenvalue weighted by Gasteiger charge is 2.30. The Morgan fingerprint density at radius 2 is 1.74 bits per heavy atom. The minimum atomic E-state index is -4.55. The number of hydrogen-bond acceptors (Lipinski definition) is 4. The van der Waals surface area contributed by atoms with Crippen molar-refractivity contribution in [2.24, 2.45) is 5.10 Å². The van der Waals surface area contributed by atoms with Crippen LogP contribution in [-0.2, 0) is 19.2 Å². The number of hydrogen-bond donors (Lipinski definition) is 1. The summed E-state index contributed by atoms with van der Waals surface area (Å²) in [5.41, 5.74) is 3.66. The van der Waals surface area contributed by atoms with Crippen LogP contribution in [0.2, 0.25) is 0 Å². The van der Waals surface area contributed by atoms with Crippen molar-refractivity contribution in [2.75, 3.05) is 6.61 Å². The van der Waals surface area contributed by atoms with Crippen molar-refractivity contribution in [3.8, 4) is 11.5 Å². The van der Waals surface area contributed by atoms with Crippen LogP contribution in [-0.4, -0.2) is 18.7 Å². The third kappa shape index (κ3) is 6.84. The van der Waals surface area contributed by atoms with Gasteiger partial charge in [-0.1, -0.05) is 54.6 Å². The Balaban J connectivity index is 1.56. The zero-order valence-corrected chi connectivity index (χ0v) is 21.3. The number of nitrogens with zero attached hydrogens (tertiary/aromatic N) is 1. The molecule has 0 atom stereocenters. The molecule has 0 saturated heterocycles. The minimum absolute atomic E-state index is 0.151. The van der Waals surface area contributed by atoms with Gasteiger partial charge < -0.3 is 9.47 Å². The first-order valence-electron chi connectivity index (χ1n) is 12.3. The number of carbonyl (C=O) groups excluding carboxylic acids is 1. The van der Waals surface area contributed by atoms with E-state index in [-0.39, 0.29) is 5.56 Å². The second-order valence-corrected chi connectivity index (χ2v) is 8.64. The van der Waals surface area contributed by atoms with Crippen molar-refractivity contribution in [1.29, 1.82) is 0 Å². The molecule has 0 bridgehead atoms. The van der Waals surface area contributed by atoms with Crippen LogP contribution in [0.4, 0.5) is 13.2 Å². The van der Waals surface area contributed by atoms with E-state index in [1.165, 1.54) is 18.3 Å². The second kappa shape index (κ2) is 12.3. The molecule has 0 heterocycles. The number of halogens is 3. The van der Waals surface area contributed by atoms with Crippen LogP contribution in [0, 0.1) is 0 Å². The Labute approximate surface area is 224 Å². The SMILES string of the molecule is C=CCc1cc(/C=N\NC(=O)c2cccc(C(F)(F)F)c2)cc(OCC)c1OCc1cccc2ccccc12. The molecular formula is C31H27F3N2O3. The number of hydrazone groups is 1. The van der Waals surface area contributed by atoms with Crippen LogP contribution in [0.5, 0.6) is 11.5 Å². The molecule has 39 heavy (non-hydrogen) atoms. The number of benzene rings is 4. The van der Waals surface area contributed by atoms with Crippen LogP contribution in [0.25, 0.3) is 10.8 Å². The number of alkyl halides is 3. The topological polar surface area (TPSA) is 59.9 Å². The normalized spacial score (nSPS) is 11.5. The predicted molar refractivity (Wildman–Crippen MR) is 146 cm³/mol. The molecule has 1 N–H and O–H groups in total. The van der Waals surface area contributed by atoms with Crippen LogP contribution in [0.3, 0.4) is 0 Å². The van der Waals surface area contributed by atoms with E-state index >= 15 is 0 Å². The first-order valence-corrected chi connectivity index (χ1v) is 12.3. The molecule has 0 saturated carbocycles. The first-order chi connectivity index (χ1) is 18.8. The molecule has 4 aromatic carbocycles. The largest absolute Gasteiger partial charge is 0.490 e. The highest BCUT2D eigenvalue weighted by molar-refractivity contribution is 5.95. The molecule has 0 aromatic heterocycles. The van der Waals surface area contributed by atoms with Gasteiger partial charge >= 0.3 is 6.18 Å². The summed E-state index contributed by atoms with van der Waals surface area (Å²) in [6.45, 7) is 6.42. The van der Waals surface area contributed by atoms with Crippen molar-refractivity contribution in [3.63, 3.8) is 0 Å². The smallest absolute Gasteiger partial charge is 0.416 e. The number of allylic oxidation sites excluding steroid dienone is 1. The van der Waals surface area contributed by atoms with Crippen molar-refractivity contribution in [3.05, 3.63) is 119 Å². The lowest BCUT2D eigenvalue weighted by molar-refractivity contribution is -0.137. The maximum atomic E-state index is 13.0. The van der Waals surface area contributed by atoms with Gasteiger partial charge in [0.1, 0.15) is 6.61 Å². The Morgan fingerprint density at radius 1 is 0.974 bits per heavy atom. The number of rotatable bonds is 10. The molecule has 0 aliphatic heterocycles. The highest BCUT2D eigenvalue weighted by Crippen LogP contribution is 2.35. The monoisotopic (exact) mass is 532 g/mol. The van der Waals surface area contributed by atoms with E-state index < -0.39 is 17.6 Å². The van der Waals surface area contributed by atoms with E-state index in [0.29, 0.717) is 36.7 Å². The summed E-state index contributed by atoms with van der Waals surface area (Å²) in [4.78, 5) is 12.4. The minimum Gasteiger partial charge on any atom is -0.490 e. The van der Waals surface area contributed by atoms with Gasteiger partial charge in [-0.25, -0.2) is 5.43 Å². The summed E-state index contributed by atoms with van der Waals surface area (Å²) in [6, 6.07) is 21.8. The summed E-state index contributed by atoms with van der Waals surface area (Å²) in [6.07, 6.45) is -0.918. The fraction of sp³-hybridized carbons (Fsp3) is 0.161. The Hall–Kier alpha value is -4.59. The molecular weight excluding hydrogens is 505 g/mol. The summed E-state index contributed by atoms with van der Waals surface area (Å²) in [5.74, 6) is 0.321. The quantitative estimate of drug-likeness (QED) is 0.132. The van der Waals surface area contributed by atoms with Crippen molar-refractivity contribution in [1.82, 2.24) is 5.43 Å². The molecule has 8 heteroatoms. The zero-order chi connectivity index (χ0) is 27.8. The number of ether oxygens (including phenoxy) is 2. The number of amides is 1. The van der Waals surface area contributed by atoms with Crippen molar-refractivity contribution in [2.45, 2.75) is 26.1 Å². The van der Waals surface area contributed by atoms with E-state index in [1.807, 2.05) is 49.4 Å². The molecule has 4 rings (SSSR count). The lowest BCUT2D eigenvalue weighted by atomic mass is 10.0. The molecule has 0 aliphatic carbocycles. The fourth-order valence-electron chi connectivity index (χ4n) is 4.13. The van der Waals surface area contributed by atoms with E-state index in [2.05, 4.69) is 23.2 Å². The van der Waals surface area contributed by atoms with Gasteiger partial charge in [-0.05, 0) is 65.6 Å². The Morgan fingerprint density at radius 3 is 2.51 bits per heavy atom. The van der Waals surface area contributed by atoms with E-state index in [9.17, 15) is 18.0 Å². The second-order valence-electron chi connectivity index (χ2n) is 8.64. The Kier molecular flexibility index (Phi) is 8.66. The Bertz CT molecular complexity index is 1510. The van der Waals surface area contributed by atoms with Crippen LogP contribution in [0.1, 0.15) is 39.5 Å². The fourth-order valence-corrected chi connectivity index (χ4v) is 4.13. The van der Waals surface area contributed by atoms with Crippen LogP contribution >= 0.6 is 0 Å². The van der Waals surface area contributed by atoms with Gasteiger partial charge in [0.2, 0.25) is 0 Å². The molecule has 5 nitrogen and oxygen atoms in total. The van der Waals surface area contributed by atoms with E-state index in [0.717, 1.165) is 34.0 Å². The number of carbonyl (C=O) groups is 1. The average molecular weight is 533 g/mol. The molecule has 0 aliphatic rings. The summed E-state index contributed by atoms with van der Waals surface area (Å²) >= 11 is 0. The van der Waals surface area contributed by atoms with Gasteiger partial charge in [0.15, 0.2) is 11.5 Å². The molecule has 200 valence electrons. The summed E-state index contributed by atoms with van der Waals surface area (Å²) < 4.78 is 51.1. The summed E-state index contributed by atoms with van der Waals surface area (Å²) in [7, 11) is 0. The van der Waals surface area contributed by atoms with E-state index in [4.69, 9.17) is 9.47 Å². The third-order valence-electron chi connectivity index (χ3n) is 5.90. The maximum absolute atomic E-state index is 13.0. The molecule has 0 radical (unpaired) electrons. The van der Waals surface area contributed by atoms with Crippen LogP contribution < -0.4 is 14.9 Å². The lowest BCUT2D eigenvalue weighted by Crippen LogP contribution is -2.18. The van der Waals surface area contributed by atoms with Gasteiger partial charge in [-0.2, -0.15) is 18.3 Å². The van der Waals surface area contributed by atoms with Gasteiger partial charge in [0.05, 0.1) is 18.4 Å².